The van der Waals surface area contributed by atoms with E-state index < -0.39 is 6.10 Å². The summed E-state index contributed by atoms with van der Waals surface area (Å²) in [4.78, 5) is 0. The maximum Gasteiger partial charge on any atom is 0.121 e. The molecule has 2 atom stereocenters. The van der Waals surface area contributed by atoms with Gasteiger partial charge < -0.3 is 5.11 Å². The van der Waals surface area contributed by atoms with E-state index >= 15 is 0 Å². The van der Waals surface area contributed by atoms with E-state index in [1.54, 1.807) is 0 Å². The van der Waals surface area contributed by atoms with E-state index in [0.717, 1.165) is 31.3 Å². The second kappa shape index (κ2) is 7.64. The molecule has 0 unspecified atom stereocenters. The average molecular weight is 194 g/mol. The molecule has 0 amide bonds. The Balaban J connectivity index is 4.07. The summed E-state index contributed by atoms with van der Waals surface area (Å²) in [6.07, 6.45) is 3.53. The van der Waals surface area contributed by atoms with E-state index in [1.807, 2.05) is 6.92 Å². The molecule has 1 N–H and O–H groups in total. The lowest BCUT2D eigenvalue weighted by Gasteiger charge is -2.16. The van der Waals surface area contributed by atoms with Crippen LogP contribution in [0, 0.1) is 17.8 Å². The van der Waals surface area contributed by atoms with E-state index in [4.69, 9.17) is 0 Å². The van der Waals surface area contributed by atoms with Crippen LogP contribution >= 0.6 is 0 Å². The quantitative estimate of drug-likeness (QED) is 0.405. The van der Waals surface area contributed by atoms with E-state index in [-0.39, 0.29) is 5.92 Å². The number of aliphatic hydroxyl groups is 1. The lowest BCUT2D eigenvalue weighted by atomic mass is 9.93. The van der Waals surface area contributed by atoms with Gasteiger partial charge in [0.05, 0.1) is 0 Å². The fourth-order valence-corrected chi connectivity index (χ4v) is 1.38. The molecule has 1 nitrogen and oxygen atoms in total. The van der Waals surface area contributed by atoms with Crippen LogP contribution in [0.15, 0.2) is 12.2 Å². The van der Waals surface area contributed by atoms with Crippen molar-refractivity contribution in [3.05, 3.63) is 12.2 Å². The van der Waals surface area contributed by atoms with Gasteiger partial charge in [0.2, 0.25) is 0 Å². The lowest BCUT2D eigenvalue weighted by Crippen LogP contribution is -2.18. The van der Waals surface area contributed by atoms with Crippen molar-refractivity contribution < 1.29 is 5.11 Å². The molecule has 0 aliphatic rings. The topological polar surface area (TPSA) is 20.2 Å². The van der Waals surface area contributed by atoms with Crippen molar-refractivity contribution >= 4 is 0 Å². The first-order valence-corrected chi connectivity index (χ1v) is 5.45. The van der Waals surface area contributed by atoms with Crippen LogP contribution in [0.5, 0.6) is 0 Å². The van der Waals surface area contributed by atoms with Crippen LogP contribution in [0.2, 0.25) is 0 Å². The zero-order valence-electron chi connectivity index (χ0n) is 9.64. The normalized spacial score (nSPS) is 14.0. The zero-order valence-corrected chi connectivity index (χ0v) is 9.64. The van der Waals surface area contributed by atoms with Crippen molar-refractivity contribution in [2.75, 3.05) is 0 Å². The van der Waals surface area contributed by atoms with E-state index in [1.165, 1.54) is 0 Å². The first kappa shape index (κ1) is 13.3. The van der Waals surface area contributed by atoms with Gasteiger partial charge in [-0.1, -0.05) is 38.3 Å². The molecule has 0 spiro atoms. The summed E-state index contributed by atoms with van der Waals surface area (Å²) in [6, 6.07) is 0. The Morgan fingerprint density at radius 1 is 1.43 bits per heavy atom. The van der Waals surface area contributed by atoms with Gasteiger partial charge in [0, 0.05) is 12.3 Å². The summed E-state index contributed by atoms with van der Waals surface area (Å²) in [7, 11) is 0. The molecule has 0 heterocycles. The molecule has 0 aromatic heterocycles. The molecule has 0 rings (SSSR count). The molecule has 0 bridgehead atoms. The van der Waals surface area contributed by atoms with E-state index in [0.29, 0.717) is 0 Å². The second-order valence-electron chi connectivity index (χ2n) is 3.73. The molecule has 0 aliphatic carbocycles. The number of hydrogen-bond acceptors (Lipinski definition) is 1. The molecule has 0 saturated heterocycles. The molecule has 80 valence electrons. The highest BCUT2D eigenvalue weighted by Gasteiger charge is 2.14. The zero-order chi connectivity index (χ0) is 11.0. The van der Waals surface area contributed by atoms with E-state index in [9.17, 15) is 5.11 Å². The van der Waals surface area contributed by atoms with Crippen molar-refractivity contribution in [1.82, 2.24) is 0 Å². The van der Waals surface area contributed by atoms with Gasteiger partial charge in [0.1, 0.15) is 6.10 Å². The fraction of sp³-hybridized carbons (Fsp3) is 0.692. The lowest BCUT2D eigenvalue weighted by molar-refractivity contribution is 0.177. The van der Waals surface area contributed by atoms with Crippen LogP contribution in [-0.4, -0.2) is 11.2 Å². The molecular weight excluding hydrogens is 172 g/mol. The standard InChI is InChI=1S/C13H22O/c1-5-7-8-9-10-13(14)12(6-2)11(3)4/h12-14H,3,5-8H2,1-2,4H3/t12-,13-/m0/s1. The van der Waals surface area contributed by atoms with Crippen LogP contribution in [-0.2, 0) is 0 Å². The Bertz CT molecular complexity index is 219. The summed E-state index contributed by atoms with van der Waals surface area (Å²) >= 11 is 0. The smallest absolute Gasteiger partial charge is 0.121 e. The summed E-state index contributed by atoms with van der Waals surface area (Å²) in [5.74, 6) is 6.04. The molecule has 1 heteroatoms. The van der Waals surface area contributed by atoms with Crippen molar-refractivity contribution in [2.45, 2.75) is 52.6 Å². The second-order valence-corrected chi connectivity index (χ2v) is 3.73. The van der Waals surface area contributed by atoms with Crippen LogP contribution in [0.3, 0.4) is 0 Å². The van der Waals surface area contributed by atoms with Crippen LogP contribution < -0.4 is 0 Å². The predicted octanol–water partition coefficient (Wildman–Crippen LogP) is 3.14. The first-order chi connectivity index (χ1) is 6.63. The van der Waals surface area contributed by atoms with Crippen molar-refractivity contribution in [3.63, 3.8) is 0 Å². The minimum Gasteiger partial charge on any atom is -0.380 e. The summed E-state index contributed by atoms with van der Waals surface area (Å²) in [5, 5.41) is 9.74. The minimum atomic E-state index is -0.533. The van der Waals surface area contributed by atoms with Gasteiger partial charge in [0.15, 0.2) is 0 Å². The van der Waals surface area contributed by atoms with Crippen LogP contribution in [0.25, 0.3) is 0 Å². The fourth-order valence-electron chi connectivity index (χ4n) is 1.38. The van der Waals surface area contributed by atoms with Crippen molar-refractivity contribution in [2.24, 2.45) is 5.92 Å². The van der Waals surface area contributed by atoms with E-state index in [2.05, 4.69) is 32.3 Å². The highest BCUT2D eigenvalue weighted by molar-refractivity contribution is 5.12. The van der Waals surface area contributed by atoms with Crippen molar-refractivity contribution in [3.8, 4) is 11.8 Å². The van der Waals surface area contributed by atoms with Gasteiger partial charge in [-0.3, -0.25) is 0 Å². The number of rotatable bonds is 5. The molecule has 0 aromatic carbocycles. The maximum atomic E-state index is 9.74. The Kier molecular flexibility index (Phi) is 7.24. The molecule has 0 radical (unpaired) electrons. The van der Waals surface area contributed by atoms with Gasteiger partial charge in [-0.05, 0) is 19.8 Å². The van der Waals surface area contributed by atoms with Crippen LogP contribution in [0.1, 0.15) is 46.5 Å². The highest BCUT2D eigenvalue weighted by Crippen LogP contribution is 2.16. The summed E-state index contributed by atoms with van der Waals surface area (Å²) in [6.45, 7) is 10.0. The van der Waals surface area contributed by atoms with Gasteiger partial charge in [-0.15, -0.1) is 5.92 Å². The molecule has 0 aromatic rings. The molecule has 14 heavy (non-hydrogen) atoms. The third-order valence-corrected chi connectivity index (χ3v) is 2.36. The van der Waals surface area contributed by atoms with Gasteiger partial charge in [-0.2, -0.15) is 0 Å². The third-order valence-electron chi connectivity index (χ3n) is 2.36. The average Bonchev–Trinajstić information content (AvgIpc) is 2.13. The predicted molar refractivity (Wildman–Crippen MR) is 61.9 cm³/mol. The monoisotopic (exact) mass is 194 g/mol. The van der Waals surface area contributed by atoms with Crippen molar-refractivity contribution in [1.29, 1.82) is 0 Å². The molecular formula is C13H22O. The number of hydrogen-bond donors (Lipinski definition) is 1. The Labute approximate surface area is 88.2 Å². The summed E-state index contributed by atoms with van der Waals surface area (Å²) < 4.78 is 0. The largest absolute Gasteiger partial charge is 0.380 e. The summed E-state index contributed by atoms with van der Waals surface area (Å²) in [5.41, 5.74) is 1.02. The van der Waals surface area contributed by atoms with Gasteiger partial charge in [-0.25, -0.2) is 0 Å². The minimum absolute atomic E-state index is 0.129. The van der Waals surface area contributed by atoms with Crippen LogP contribution in [0.4, 0.5) is 0 Å². The highest BCUT2D eigenvalue weighted by atomic mass is 16.3. The van der Waals surface area contributed by atoms with Gasteiger partial charge >= 0.3 is 0 Å². The third kappa shape index (κ3) is 5.09. The van der Waals surface area contributed by atoms with Gasteiger partial charge in [0.25, 0.3) is 0 Å². The molecule has 0 saturated carbocycles. The first-order valence-electron chi connectivity index (χ1n) is 5.45. The Morgan fingerprint density at radius 2 is 2.07 bits per heavy atom. The SMILES string of the molecule is C=C(C)[C@H](CC)[C@@H](O)C#CCCCC. The number of aliphatic hydroxyl groups excluding tert-OH is 1. The Morgan fingerprint density at radius 3 is 2.50 bits per heavy atom. The molecule has 0 fully saturated rings. The molecule has 0 aliphatic heterocycles. The maximum absolute atomic E-state index is 9.74. The number of unbranched alkanes of at least 4 members (excludes halogenated alkanes) is 2. The Hall–Kier alpha value is -0.740.